The van der Waals surface area contributed by atoms with Crippen LogP contribution in [0.1, 0.15) is 101 Å². The van der Waals surface area contributed by atoms with Crippen molar-refractivity contribution in [2.75, 3.05) is 6.61 Å². The molecule has 1 aliphatic heterocycles. The van der Waals surface area contributed by atoms with Gasteiger partial charge < -0.3 is 4.74 Å². The van der Waals surface area contributed by atoms with Gasteiger partial charge in [0.25, 0.3) is 0 Å². The summed E-state index contributed by atoms with van der Waals surface area (Å²) < 4.78 is 19.7. The lowest BCUT2D eigenvalue weighted by atomic mass is 9.68. The van der Waals surface area contributed by atoms with Crippen molar-refractivity contribution in [1.82, 2.24) is 0 Å². The van der Waals surface area contributed by atoms with Crippen LogP contribution in [0.15, 0.2) is 18.2 Å². The minimum absolute atomic E-state index is 0.00784. The number of hydrogen-bond donors (Lipinski definition) is 0. The number of epoxide rings is 1. The number of hydrogen-bond acceptors (Lipinski definition) is 1. The molecule has 0 aromatic heterocycles. The Balaban J connectivity index is 1.17. The first kappa shape index (κ1) is 22.3. The van der Waals surface area contributed by atoms with Crippen LogP contribution in [0.4, 0.5) is 4.39 Å². The van der Waals surface area contributed by atoms with Gasteiger partial charge in [-0.1, -0.05) is 81.3 Å². The molecule has 0 spiro atoms. The molecule has 1 aromatic carbocycles. The Morgan fingerprint density at radius 1 is 0.967 bits per heavy atom. The molecule has 1 heterocycles. The van der Waals surface area contributed by atoms with Crippen molar-refractivity contribution < 1.29 is 9.13 Å². The van der Waals surface area contributed by atoms with E-state index >= 15 is 0 Å². The van der Waals surface area contributed by atoms with E-state index in [1.165, 1.54) is 70.6 Å². The smallest absolute Gasteiger partial charge is 0.149 e. The highest BCUT2D eigenvalue weighted by molar-refractivity contribution is 6.31. The minimum Gasteiger partial charge on any atom is -0.368 e. The monoisotopic (exact) mass is 432 g/mol. The second kappa shape index (κ2) is 10.6. The van der Waals surface area contributed by atoms with Crippen molar-refractivity contribution in [3.05, 3.63) is 40.2 Å². The van der Waals surface area contributed by atoms with Crippen molar-refractivity contribution in [3.63, 3.8) is 0 Å². The Bertz CT molecular complexity index is 710. The topological polar surface area (TPSA) is 12.5 Å². The second-order valence-electron chi connectivity index (χ2n) is 10.0. The molecule has 2 aliphatic carbocycles. The molecule has 166 valence electrons. The van der Waals surface area contributed by atoms with Gasteiger partial charge in [0.05, 0.1) is 11.6 Å². The zero-order valence-corrected chi connectivity index (χ0v) is 19.3. The second-order valence-corrected chi connectivity index (χ2v) is 10.4. The highest BCUT2D eigenvalue weighted by atomic mass is 35.5. The van der Waals surface area contributed by atoms with E-state index < -0.39 is 0 Å². The van der Waals surface area contributed by atoms with E-state index in [2.05, 4.69) is 13.0 Å². The Labute approximate surface area is 187 Å². The summed E-state index contributed by atoms with van der Waals surface area (Å²) in [5.41, 5.74) is 1.37. The van der Waals surface area contributed by atoms with E-state index in [1.807, 2.05) is 18.2 Å². The first-order valence-electron chi connectivity index (χ1n) is 12.4. The number of ether oxygens (including phenoxy) is 1. The maximum Gasteiger partial charge on any atom is 0.149 e. The zero-order chi connectivity index (χ0) is 20.9. The molecule has 0 N–H and O–H groups in total. The molecule has 1 unspecified atom stereocenters. The van der Waals surface area contributed by atoms with Crippen molar-refractivity contribution in [1.29, 1.82) is 0 Å². The fourth-order valence-corrected chi connectivity index (χ4v) is 6.33. The molecule has 4 rings (SSSR count). The molecule has 3 heteroatoms. The number of rotatable bonds is 8. The third-order valence-corrected chi connectivity index (χ3v) is 8.39. The van der Waals surface area contributed by atoms with Crippen LogP contribution in [0.5, 0.6) is 0 Å². The fourth-order valence-electron chi connectivity index (χ4n) is 6.03. The normalized spacial score (nSPS) is 31.9. The predicted molar refractivity (Wildman–Crippen MR) is 124 cm³/mol. The average molecular weight is 433 g/mol. The highest BCUT2D eigenvalue weighted by Crippen LogP contribution is 2.43. The summed E-state index contributed by atoms with van der Waals surface area (Å²) in [6.07, 6.45) is 20.7. The van der Waals surface area contributed by atoms with Gasteiger partial charge in [-0.25, -0.2) is 4.39 Å². The lowest BCUT2D eigenvalue weighted by Gasteiger charge is -2.38. The number of allylic oxidation sites excluding steroid dienone is 1. The first-order valence-corrected chi connectivity index (χ1v) is 12.8. The van der Waals surface area contributed by atoms with Crippen molar-refractivity contribution in [2.45, 2.75) is 90.1 Å². The third kappa shape index (κ3) is 5.68. The van der Waals surface area contributed by atoms with Gasteiger partial charge in [-0.2, -0.15) is 0 Å². The van der Waals surface area contributed by atoms with Gasteiger partial charge in [-0.15, -0.1) is 0 Å². The Morgan fingerprint density at radius 3 is 2.13 bits per heavy atom. The Hall–Kier alpha value is -0.860. The molecule has 0 bridgehead atoms. The minimum atomic E-state index is -0.310. The van der Waals surface area contributed by atoms with Gasteiger partial charge in [-0.3, -0.25) is 0 Å². The summed E-state index contributed by atoms with van der Waals surface area (Å²) >= 11 is 6.18. The van der Waals surface area contributed by atoms with Crippen molar-refractivity contribution >= 4 is 17.7 Å². The lowest BCUT2D eigenvalue weighted by Crippen LogP contribution is -2.25. The lowest BCUT2D eigenvalue weighted by molar-refractivity contribution is 0.141. The van der Waals surface area contributed by atoms with E-state index in [0.717, 1.165) is 35.7 Å². The standard InChI is InChI=1S/C27H38ClFO/c1-2-5-19-8-12-21(13-9-19)22-14-10-20(11-15-22)6-3-4-7-23-16-17-24(25-18-30-25)26(28)27(23)29/h4,7,16-17,19-22,25H,2-3,5-6,8-15,18H2,1H3/b7-4+. The Kier molecular flexibility index (Phi) is 7.92. The van der Waals surface area contributed by atoms with E-state index in [-0.39, 0.29) is 16.9 Å². The van der Waals surface area contributed by atoms with E-state index in [1.54, 1.807) is 0 Å². The van der Waals surface area contributed by atoms with E-state index in [4.69, 9.17) is 16.3 Å². The van der Waals surface area contributed by atoms with Crippen LogP contribution >= 0.6 is 11.6 Å². The molecule has 2 saturated carbocycles. The molecule has 3 fully saturated rings. The first-order chi connectivity index (χ1) is 14.7. The zero-order valence-electron chi connectivity index (χ0n) is 18.6. The maximum absolute atomic E-state index is 14.5. The molecule has 0 radical (unpaired) electrons. The third-order valence-electron chi connectivity index (χ3n) is 8.01. The van der Waals surface area contributed by atoms with Crippen LogP contribution in [0, 0.1) is 29.5 Å². The van der Waals surface area contributed by atoms with Crippen LogP contribution < -0.4 is 0 Å². The van der Waals surface area contributed by atoms with Crippen LogP contribution in [0.25, 0.3) is 6.08 Å². The van der Waals surface area contributed by atoms with Crippen molar-refractivity contribution in [3.8, 4) is 0 Å². The molecule has 1 saturated heterocycles. The molecular formula is C27H38ClFO. The average Bonchev–Trinajstić information content (AvgIpc) is 3.61. The molecule has 30 heavy (non-hydrogen) atoms. The molecule has 3 aliphatic rings. The SMILES string of the molecule is CCCC1CCC(C2CCC(CC/C=C/c3ccc(C4CO4)c(Cl)c3F)CC2)CC1. The van der Waals surface area contributed by atoms with Crippen LogP contribution in [0.2, 0.25) is 5.02 Å². The summed E-state index contributed by atoms with van der Waals surface area (Å²) in [5, 5.41) is 0.224. The molecule has 1 aromatic rings. The quantitative estimate of drug-likeness (QED) is 0.374. The summed E-state index contributed by atoms with van der Waals surface area (Å²) in [7, 11) is 0. The Morgan fingerprint density at radius 2 is 1.57 bits per heavy atom. The van der Waals surface area contributed by atoms with Crippen molar-refractivity contribution in [2.24, 2.45) is 23.7 Å². The van der Waals surface area contributed by atoms with E-state index in [9.17, 15) is 4.39 Å². The summed E-state index contributed by atoms with van der Waals surface area (Å²) in [4.78, 5) is 0. The summed E-state index contributed by atoms with van der Waals surface area (Å²) in [6, 6.07) is 3.73. The van der Waals surface area contributed by atoms with E-state index in [0.29, 0.717) is 12.2 Å². The fraction of sp³-hybridized carbons (Fsp3) is 0.704. The van der Waals surface area contributed by atoms with Gasteiger partial charge in [0.15, 0.2) is 0 Å². The summed E-state index contributed by atoms with van der Waals surface area (Å²) in [5.74, 6) is 3.56. The number of halogens is 2. The van der Waals surface area contributed by atoms with Gasteiger partial charge in [-0.05, 0) is 62.2 Å². The molecule has 1 atom stereocenters. The number of benzene rings is 1. The molecule has 1 nitrogen and oxygen atoms in total. The van der Waals surface area contributed by atoms with Crippen LogP contribution in [-0.2, 0) is 4.74 Å². The van der Waals surface area contributed by atoms with Gasteiger partial charge in [0.1, 0.15) is 11.9 Å². The van der Waals surface area contributed by atoms with Crippen LogP contribution in [0.3, 0.4) is 0 Å². The summed E-state index contributed by atoms with van der Waals surface area (Å²) in [6.45, 7) is 2.98. The predicted octanol–water partition coefficient (Wildman–Crippen LogP) is 8.76. The van der Waals surface area contributed by atoms with Gasteiger partial charge in [0, 0.05) is 11.1 Å². The maximum atomic E-state index is 14.5. The largest absolute Gasteiger partial charge is 0.368 e. The van der Waals surface area contributed by atoms with Crippen LogP contribution in [-0.4, -0.2) is 6.61 Å². The molecular weight excluding hydrogens is 395 g/mol. The van der Waals surface area contributed by atoms with Gasteiger partial charge >= 0.3 is 0 Å². The van der Waals surface area contributed by atoms with Gasteiger partial charge in [0.2, 0.25) is 0 Å². The molecule has 0 amide bonds. The highest BCUT2D eigenvalue weighted by Gasteiger charge is 2.31.